The molecule has 1 rings (SSSR count). The summed E-state index contributed by atoms with van der Waals surface area (Å²) in [5.74, 6) is 0. The van der Waals surface area contributed by atoms with Crippen molar-refractivity contribution in [3.63, 3.8) is 0 Å². The highest BCUT2D eigenvalue weighted by Gasteiger charge is 2.16. The zero-order valence-electron chi connectivity index (χ0n) is 7.56. The Labute approximate surface area is 77.1 Å². The van der Waals surface area contributed by atoms with Gasteiger partial charge in [0.15, 0.2) is 0 Å². The van der Waals surface area contributed by atoms with Crippen LogP contribution in [0.15, 0.2) is 11.1 Å². The molecule has 13 heavy (non-hydrogen) atoms. The molecule has 0 unspecified atom stereocenters. The van der Waals surface area contributed by atoms with Crippen LogP contribution < -0.4 is 0 Å². The third-order valence-electron chi connectivity index (χ3n) is 1.63. The van der Waals surface area contributed by atoms with E-state index in [1.165, 1.54) is 10.9 Å². The summed E-state index contributed by atoms with van der Waals surface area (Å²) in [6, 6.07) is 0. The van der Waals surface area contributed by atoms with E-state index in [1.807, 2.05) is 6.92 Å². The molecule has 0 bridgehead atoms. The molecule has 0 aromatic carbocycles. The molecule has 0 aliphatic rings. The molecule has 6 heteroatoms. The molecule has 5 nitrogen and oxygen atoms in total. The molecule has 0 aliphatic carbocycles. The van der Waals surface area contributed by atoms with Crippen molar-refractivity contribution in [2.24, 2.45) is 0 Å². The van der Waals surface area contributed by atoms with Crippen LogP contribution in [0.25, 0.3) is 0 Å². The van der Waals surface area contributed by atoms with Gasteiger partial charge >= 0.3 is 0 Å². The van der Waals surface area contributed by atoms with Gasteiger partial charge in [0.25, 0.3) is 10.1 Å². The monoisotopic (exact) mass is 204 g/mol. The normalized spacial score (nSPS) is 11.9. The van der Waals surface area contributed by atoms with Crippen LogP contribution in [-0.2, 0) is 16.7 Å². The van der Waals surface area contributed by atoms with Crippen LogP contribution in [0.3, 0.4) is 0 Å². The Hall–Kier alpha value is -0.880. The minimum absolute atomic E-state index is 0.110. The van der Waals surface area contributed by atoms with Gasteiger partial charge in [0, 0.05) is 12.7 Å². The van der Waals surface area contributed by atoms with E-state index < -0.39 is 10.1 Å². The maximum Gasteiger partial charge on any atom is 0.297 e. The molecule has 0 fully saturated rings. The average molecular weight is 204 g/mol. The molecule has 0 spiro atoms. The summed E-state index contributed by atoms with van der Waals surface area (Å²) in [4.78, 5) is -0.110. The van der Waals surface area contributed by atoms with Gasteiger partial charge in [0.2, 0.25) is 0 Å². The summed E-state index contributed by atoms with van der Waals surface area (Å²) < 4.78 is 31.8. The van der Waals surface area contributed by atoms with E-state index in [0.29, 0.717) is 12.2 Å². The van der Waals surface area contributed by atoms with E-state index in [2.05, 4.69) is 5.10 Å². The van der Waals surface area contributed by atoms with E-state index >= 15 is 0 Å². The molecule has 74 valence electrons. The first-order chi connectivity index (χ1) is 5.95. The fourth-order valence-electron chi connectivity index (χ4n) is 1.10. The molecule has 0 radical (unpaired) electrons. The van der Waals surface area contributed by atoms with Crippen molar-refractivity contribution in [3.05, 3.63) is 11.9 Å². The van der Waals surface area contributed by atoms with Crippen LogP contribution in [0.4, 0.5) is 0 Å². The average Bonchev–Trinajstić information content (AvgIpc) is 2.30. The van der Waals surface area contributed by atoms with Crippen molar-refractivity contribution < 1.29 is 13.0 Å². The summed E-state index contributed by atoms with van der Waals surface area (Å²) >= 11 is 0. The maximum atomic E-state index is 10.8. The second-order valence-electron chi connectivity index (χ2n) is 2.82. The second kappa shape index (κ2) is 3.47. The molecular formula is C7H12N2O3S. The largest absolute Gasteiger partial charge is 0.297 e. The van der Waals surface area contributed by atoms with Crippen LogP contribution in [0.2, 0.25) is 0 Å². The summed E-state index contributed by atoms with van der Waals surface area (Å²) in [7, 11) is -4.11. The number of nitrogens with zero attached hydrogens (tertiary/aromatic N) is 2. The molecule has 1 aromatic rings. The zero-order valence-corrected chi connectivity index (χ0v) is 8.37. The van der Waals surface area contributed by atoms with Crippen molar-refractivity contribution in [2.45, 2.75) is 31.7 Å². The molecule has 0 amide bonds. The smallest absolute Gasteiger partial charge is 0.282 e. The number of hydrogen-bond donors (Lipinski definition) is 1. The van der Waals surface area contributed by atoms with E-state index in [1.54, 1.807) is 6.92 Å². The summed E-state index contributed by atoms with van der Waals surface area (Å²) in [5.41, 5.74) is 0.330. The van der Waals surface area contributed by atoms with Gasteiger partial charge in [-0.1, -0.05) is 6.92 Å². The molecule has 0 aliphatic heterocycles. The predicted molar refractivity (Wildman–Crippen MR) is 47.1 cm³/mol. The first-order valence-corrected chi connectivity index (χ1v) is 5.40. The van der Waals surface area contributed by atoms with Gasteiger partial charge in [0.1, 0.15) is 4.90 Å². The van der Waals surface area contributed by atoms with E-state index in [-0.39, 0.29) is 4.90 Å². The van der Waals surface area contributed by atoms with Crippen LogP contribution in [0, 0.1) is 6.92 Å². The first-order valence-electron chi connectivity index (χ1n) is 3.96. The highest BCUT2D eigenvalue weighted by atomic mass is 32.2. The Balaban J connectivity index is 3.11. The third-order valence-corrected chi connectivity index (χ3v) is 2.59. The lowest BCUT2D eigenvalue weighted by Crippen LogP contribution is -1.98. The Morgan fingerprint density at radius 3 is 2.62 bits per heavy atom. The predicted octanol–water partition coefficient (Wildman–Crippen LogP) is 0.848. The lowest BCUT2D eigenvalue weighted by Gasteiger charge is -1.94. The molecule has 0 atom stereocenters. The van der Waals surface area contributed by atoms with Crippen molar-refractivity contribution in [1.29, 1.82) is 0 Å². The van der Waals surface area contributed by atoms with Crippen molar-refractivity contribution >= 4 is 10.1 Å². The Morgan fingerprint density at radius 1 is 1.62 bits per heavy atom. The summed E-state index contributed by atoms with van der Waals surface area (Å²) in [6.07, 6.45) is 2.21. The maximum absolute atomic E-state index is 10.8. The molecule has 1 N–H and O–H groups in total. The fourth-order valence-corrected chi connectivity index (χ4v) is 1.77. The third kappa shape index (κ3) is 2.28. The molecule has 1 heterocycles. The van der Waals surface area contributed by atoms with Crippen molar-refractivity contribution in [3.8, 4) is 0 Å². The van der Waals surface area contributed by atoms with E-state index in [9.17, 15) is 8.42 Å². The fraction of sp³-hybridized carbons (Fsp3) is 0.571. The number of aromatic nitrogens is 2. The Morgan fingerprint density at radius 2 is 2.23 bits per heavy atom. The highest BCUT2D eigenvalue weighted by molar-refractivity contribution is 7.85. The van der Waals surface area contributed by atoms with Gasteiger partial charge in [-0.25, -0.2) is 0 Å². The lowest BCUT2D eigenvalue weighted by molar-refractivity contribution is 0.482. The van der Waals surface area contributed by atoms with Crippen LogP contribution in [0.5, 0.6) is 0 Å². The Bertz CT molecular complexity index is 394. The molecular weight excluding hydrogens is 192 g/mol. The standard InChI is InChI=1S/C7H12N2O3S/c1-3-4-9-5-7(6(2)8-9)13(10,11)12/h5H,3-4H2,1-2H3,(H,10,11,12). The first kappa shape index (κ1) is 10.2. The van der Waals surface area contributed by atoms with Crippen LogP contribution >= 0.6 is 0 Å². The van der Waals surface area contributed by atoms with E-state index in [4.69, 9.17) is 4.55 Å². The number of rotatable bonds is 3. The van der Waals surface area contributed by atoms with Crippen molar-refractivity contribution in [1.82, 2.24) is 9.78 Å². The summed E-state index contributed by atoms with van der Waals surface area (Å²) in [6.45, 7) is 4.16. The van der Waals surface area contributed by atoms with Gasteiger partial charge in [-0.15, -0.1) is 0 Å². The number of hydrogen-bond acceptors (Lipinski definition) is 3. The van der Waals surface area contributed by atoms with Gasteiger partial charge in [-0.3, -0.25) is 9.23 Å². The quantitative estimate of drug-likeness (QED) is 0.741. The lowest BCUT2D eigenvalue weighted by atomic mass is 10.5. The van der Waals surface area contributed by atoms with Crippen LogP contribution in [0.1, 0.15) is 19.0 Å². The highest BCUT2D eigenvalue weighted by Crippen LogP contribution is 2.12. The topological polar surface area (TPSA) is 72.2 Å². The Kier molecular flexibility index (Phi) is 2.72. The molecule has 1 aromatic heterocycles. The van der Waals surface area contributed by atoms with Gasteiger partial charge in [0.05, 0.1) is 5.69 Å². The molecule has 0 saturated carbocycles. The van der Waals surface area contributed by atoms with Gasteiger partial charge in [-0.2, -0.15) is 13.5 Å². The minimum Gasteiger partial charge on any atom is -0.282 e. The molecule has 0 saturated heterocycles. The minimum atomic E-state index is -4.11. The zero-order chi connectivity index (χ0) is 10.1. The van der Waals surface area contributed by atoms with Crippen LogP contribution in [-0.4, -0.2) is 22.8 Å². The van der Waals surface area contributed by atoms with E-state index in [0.717, 1.165) is 6.42 Å². The second-order valence-corrected chi connectivity index (χ2v) is 4.21. The van der Waals surface area contributed by atoms with Gasteiger partial charge in [-0.05, 0) is 13.3 Å². The number of aryl methyl sites for hydroxylation is 2. The SMILES string of the molecule is CCCn1cc(S(=O)(=O)O)c(C)n1. The summed E-state index contributed by atoms with van der Waals surface area (Å²) in [5, 5.41) is 3.94. The van der Waals surface area contributed by atoms with Gasteiger partial charge < -0.3 is 0 Å². The van der Waals surface area contributed by atoms with Crippen molar-refractivity contribution in [2.75, 3.05) is 0 Å².